The van der Waals surface area contributed by atoms with Crippen LogP contribution < -0.4 is 0 Å². The Balaban J connectivity index is 3.82. The zero-order chi connectivity index (χ0) is 9.40. The van der Waals surface area contributed by atoms with Crippen LogP contribution in [0.15, 0.2) is 0 Å². The molecule has 4 heteroatoms. The van der Waals surface area contributed by atoms with Gasteiger partial charge in [-0.2, -0.15) is 0 Å². The first-order valence-corrected chi connectivity index (χ1v) is 3.76. The smallest absolute Gasteiger partial charge is 0.126 e. The topological polar surface area (TPSA) is 71.4 Å². The van der Waals surface area contributed by atoms with Crippen LogP contribution >= 0.6 is 0 Å². The van der Waals surface area contributed by atoms with E-state index in [-0.39, 0.29) is 19.3 Å². The van der Waals surface area contributed by atoms with Crippen molar-refractivity contribution >= 4 is 18.9 Å². The van der Waals surface area contributed by atoms with E-state index in [1.165, 1.54) is 0 Å². The van der Waals surface area contributed by atoms with Crippen LogP contribution in [0.1, 0.15) is 19.3 Å². The van der Waals surface area contributed by atoms with Gasteiger partial charge >= 0.3 is 0 Å². The molecule has 0 fully saturated rings. The standard InChI is InChI=1S/C8H12O4/c9-4-1-2-8(12)7(6-11)3-5-10/h4-8,12H,1-3H2. The monoisotopic (exact) mass is 172 g/mol. The Morgan fingerprint density at radius 2 is 1.83 bits per heavy atom. The second-order valence-corrected chi connectivity index (χ2v) is 2.51. The molecule has 2 atom stereocenters. The molecule has 0 amide bonds. The lowest BCUT2D eigenvalue weighted by Gasteiger charge is -2.13. The van der Waals surface area contributed by atoms with Crippen molar-refractivity contribution in [3.63, 3.8) is 0 Å². The molecule has 0 radical (unpaired) electrons. The molecule has 68 valence electrons. The van der Waals surface area contributed by atoms with Gasteiger partial charge in [-0.25, -0.2) is 0 Å². The van der Waals surface area contributed by atoms with E-state index in [0.29, 0.717) is 18.9 Å². The van der Waals surface area contributed by atoms with Crippen molar-refractivity contribution in [1.29, 1.82) is 0 Å². The minimum atomic E-state index is -0.877. The van der Waals surface area contributed by atoms with Crippen molar-refractivity contribution < 1.29 is 19.5 Å². The largest absolute Gasteiger partial charge is 0.392 e. The van der Waals surface area contributed by atoms with Crippen molar-refractivity contribution in [2.24, 2.45) is 5.92 Å². The number of aliphatic hydroxyl groups excluding tert-OH is 1. The van der Waals surface area contributed by atoms with Crippen LogP contribution in [0.4, 0.5) is 0 Å². The zero-order valence-electron chi connectivity index (χ0n) is 6.68. The van der Waals surface area contributed by atoms with Gasteiger partial charge in [0.05, 0.1) is 6.10 Å². The Labute approximate surface area is 70.6 Å². The Morgan fingerprint density at radius 1 is 1.17 bits per heavy atom. The molecule has 0 spiro atoms. The average Bonchev–Trinajstić information content (AvgIpc) is 2.10. The summed E-state index contributed by atoms with van der Waals surface area (Å²) >= 11 is 0. The molecule has 0 saturated heterocycles. The predicted octanol–water partition coefficient (Wildman–Crippen LogP) is -0.270. The van der Waals surface area contributed by atoms with Crippen molar-refractivity contribution in [2.75, 3.05) is 0 Å². The van der Waals surface area contributed by atoms with Gasteiger partial charge in [0.2, 0.25) is 0 Å². The lowest BCUT2D eigenvalue weighted by atomic mass is 9.97. The van der Waals surface area contributed by atoms with Crippen molar-refractivity contribution in [1.82, 2.24) is 0 Å². The highest BCUT2D eigenvalue weighted by molar-refractivity contribution is 5.62. The van der Waals surface area contributed by atoms with Gasteiger partial charge in [-0.15, -0.1) is 0 Å². The molecule has 0 aliphatic rings. The third-order valence-electron chi connectivity index (χ3n) is 1.62. The molecule has 4 nitrogen and oxygen atoms in total. The maximum atomic E-state index is 10.3. The number of rotatable bonds is 7. The summed E-state index contributed by atoms with van der Waals surface area (Å²) in [5, 5.41) is 9.22. The zero-order valence-corrected chi connectivity index (χ0v) is 6.68. The summed E-state index contributed by atoms with van der Waals surface area (Å²) in [6.07, 6.45) is 1.39. The van der Waals surface area contributed by atoms with Gasteiger partial charge in [0, 0.05) is 18.8 Å². The molecule has 1 N–H and O–H groups in total. The van der Waals surface area contributed by atoms with E-state index in [2.05, 4.69) is 0 Å². The van der Waals surface area contributed by atoms with E-state index >= 15 is 0 Å². The Kier molecular flexibility index (Phi) is 6.09. The van der Waals surface area contributed by atoms with Gasteiger partial charge < -0.3 is 19.5 Å². The Bertz CT molecular complexity index is 155. The number of aliphatic hydroxyl groups is 1. The highest BCUT2D eigenvalue weighted by Crippen LogP contribution is 2.09. The minimum Gasteiger partial charge on any atom is -0.392 e. The molecular weight excluding hydrogens is 160 g/mol. The molecule has 0 aromatic rings. The first-order valence-electron chi connectivity index (χ1n) is 3.76. The van der Waals surface area contributed by atoms with E-state index in [0.717, 1.165) is 0 Å². The SMILES string of the molecule is O=CCCC(O)C(C=O)CC=O. The number of carbonyl (C=O) groups is 3. The molecule has 0 heterocycles. The van der Waals surface area contributed by atoms with E-state index in [4.69, 9.17) is 0 Å². The summed E-state index contributed by atoms with van der Waals surface area (Å²) in [5.74, 6) is -0.664. The lowest BCUT2D eigenvalue weighted by molar-refractivity contribution is -0.119. The van der Waals surface area contributed by atoms with E-state index in [1.54, 1.807) is 0 Å². The summed E-state index contributed by atoms with van der Waals surface area (Å²) in [7, 11) is 0. The van der Waals surface area contributed by atoms with Crippen LogP contribution in [-0.4, -0.2) is 30.1 Å². The molecule has 12 heavy (non-hydrogen) atoms. The fraction of sp³-hybridized carbons (Fsp3) is 0.625. The highest BCUT2D eigenvalue weighted by Gasteiger charge is 2.16. The molecule has 0 aromatic carbocycles. The fourth-order valence-corrected chi connectivity index (χ4v) is 0.867. The molecule has 0 bridgehead atoms. The summed E-state index contributed by atoms with van der Waals surface area (Å²) < 4.78 is 0. The maximum Gasteiger partial charge on any atom is 0.126 e. The summed E-state index contributed by atoms with van der Waals surface area (Å²) in [6, 6.07) is 0. The van der Waals surface area contributed by atoms with E-state index < -0.39 is 12.0 Å². The van der Waals surface area contributed by atoms with E-state index in [9.17, 15) is 19.5 Å². The number of carbonyl (C=O) groups excluding carboxylic acids is 3. The van der Waals surface area contributed by atoms with Crippen LogP contribution in [0.25, 0.3) is 0 Å². The lowest BCUT2D eigenvalue weighted by Crippen LogP contribution is -2.22. The molecule has 0 aliphatic carbocycles. The third-order valence-corrected chi connectivity index (χ3v) is 1.62. The van der Waals surface area contributed by atoms with Crippen LogP contribution in [0.3, 0.4) is 0 Å². The van der Waals surface area contributed by atoms with Crippen molar-refractivity contribution in [3.05, 3.63) is 0 Å². The number of aldehydes is 3. The van der Waals surface area contributed by atoms with Gasteiger partial charge in [0.25, 0.3) is 0 Å². The second-order valence-electron chi connectivity index (χ2n) is 2.51. The molecule has 2 unspecified atom stereocenters. The summed E-state index contributed by atoms with van der Waals surface area (Å²) in [6.45, 7) is 0. The van der Waals surface area contributed by atoms with Crippen molar-refractivity contribution in [3.8, 4) is 0 Å². The van der Waals surface area contributed by atoms with Crippen molar-refractivity contribution in [2.45, 2.75) is 25.4 Å². The molecule has 0 aromatic heterocycles. The van der Waals surface area contributed by atoms with Crippen LogP contribution in [0.5, 0.6) is 0 Å². The second kappa shape index (κ2) is 6.67. The Morgan fingerprint density at radius 3 is 2.25 bits per heavy atom. The predicted molar refractivity (Wildman–Crippen MR) is 41.5 cm³/mol. The minimum absolute atomic E-state index is 0.0174. The van der Waals surface area contributed by atoms with Crippen LogP contribution in [0, 0.1) is 5.92 Å². The highest BCUT2D eigenvalue weighted by atomic mass is 16.3. The fourth-order valence-electron chi connectivity index (χ4n) is 0.867. The van der Waals surface area contributed by atoms with Gasteiger partial charge in [0.15, 0.2) is 0 Å². The number of hydrogen-bond donors (Lipinski definition) is 1. The van der Waals surface area contributed by atoms with E-state index in [1.807, 2.05) is 0 Å². The first-order chi connectivity index (χ1) is 5.76. The summed E-state index contributed by atoms with van der Waals surface area (Å²) in [4.78, 5) is 30.2. The third kappa shape index (κ3) is 3.98. The van der Waals surface area contributed by atoms with Gasteiger partial charge in [-0.3, -0.25) is 0 Å². The molecule has 0 saturated carbocycles. The summed E-state index contributed by atoms with van der Waals surface area (Å²) in [5.41, 5.74) is 0. The van der Waals surface area contributed by atoms with Crippen LogP contribution in [-0.2, 0) is 14.4 Å². The molecular formula is C8H12O4. The van der Waals surface area contributed by atoms with Gasteiger partial charge in [-0.05, 0) is 6.42 Å². The van der Waals surface area contributed by atoms with Gasteiger partial charge in [-0.1, -0.05) is 0 Å². The molecule has 0 rings (SSSR count). The average molecular weight is 172 g/mol. The first kappa shape index (κ1) is 11.0. The molecule has 0 aliphatic heterocycles. The normalized spacial score (nSPS) is 14.8. The number of hydrogen-bond acceptors (Lipinski definition) is 4. The maximum absolute atomic E-state index is 10.3. The van der Waals surface area contributed by atoms with Gasteiger partial charge in [0.1, 0.15) is 18.9 Å². The Hall–Kier alpha value is -1.03. The quantitative estimate of drug-likeness (QED) is 0.536. The van der Waals surface area contributed by atoms with Crippen LogP contribution in [0.2, 0.25) is 0 Å².